The van der Waals surface area contributed by atoms with Gasteiger partial charge in [-0.2, -0.15) is 0 Å². The van der Waals surface area contributed by atoms with Crippen molar-refractivity contribution in [2.24, 2.45) is 0 Å². The number of rotatable bonds is 7. The van der Waals surface area contributed by atoms with Gasteiger partial charge in [0.15, 0.2) is 11.6 Å². The van der Waals surface area contributed by atoms with Crippen molar-refractivity contribution >= 4 is 17.5 Å². The summed E-state index contributed by atoms with van der Waals surface area (Å²) in [6, 6.07) is 5.62. The molecule has 12 heteroatoms. The summed E-state index contributed by atoms with van der Waals surface area (Å²) in [5.41, 5.74) is 1.15. The lowest BCUT2D eigenvalue weighted by Gasteiger charge is -2.24. The van der Waals surface area contributed by atoms with Crippen molar-refractivity contribution in [1.29, 1.82) is 0 Å². The number of hydrogen-bond acceptors (Lipinski definition) is 7. The molecule has 1 amide bonds. The van der Waals surface area contributed by atoms with E-state index in [1.165, 1.54) is 11.5 Å². The number of nitrogens with zero attached hydrogens (tertiary/aromatic N) is 5. The van der Waals surface area contributed by atoms with Crippen LogP contribution in [-0.4, -0.2) is 30.4 Å². The number of carbonyl (C=O) groups excluding carboxylic acids is 1. The van der Waals surface area contributed by atoms with Gasteiger partial charge in [0.25, 0.3) is 5.56 Å². The predicted octanol–water partition coefficient (Wildman–Crippen LogP) is 4.58. The van der Waals surface area contributed by atoms with Gasteiger partial charge >= 0.3 is 0 Å². The first-order valence-corrected chi connectivity index (χ1v) is 12.2. The summed E-state index contributed by atoms with van der Waals surface area (Å²) in [7, 11) is 0. The maximum absolute atomic E-state index is 14.0. The monoisotopic (exact) mass is 554 g/mol. The Bertz CT molecular complexity index is 1640. The highest BCUT2D eigenvalue weighted by Crippen LogP contribution is 2.27. The molecule has 0 bridgehead atoms. The number of ether oxygens (including phenoxy) is 1. The molecule has 0 aliphatic heterocycles. The van der Waals surface area contributed by atoms with Gasteiger partial charge in [-0.15, -0.1) is 0 Å². The Hall–Kier alpha value is -4.25. The molecule has 9 nitrogen and oxygen atoms in total. The van der Waals surface area contributed by atoms with Crippen LogP contribution < -0.4 is 15.6 Å². The molecule has 4 rings (SSSR count). The first kappa shape index (κ1) is 27.8. The molecule has 4 heterocycles. The Morgan fingerprint density at radius 2 is 1.85 bits per heavy atom. The zero-order valence-corrected chi connectivity index (χ0v) is 22.6. The highest BCUT2D eigenvalue weighted by Gasteiger charge is 2.25. The Balaban J connectivity index is 1.70. The fourth-order valence-corrected chi connectivity index (χ4v) is 4.17. The maximum atomic E-state index is 14.0. The number of aromatic nitrogens is 5. The number of halogens is 3. The molecule has 1 N–H and O–H groups in total. The van der Waals surface area contributed by atoms with Crippen LogP contribution in [0.4, 0.5) is 8.78 Å². The Kier molecular flexibility index (Phi) is 7.73. The zero-order valence-electron chi connectivity index (χ0n) is 21.8. The van der Waals surface area contributed by atoms with E-state index in [0.717, 1.165) is 6.20 Å². The van der Waals surface area contributed by atoms with Gasteiger partial charge in [-0.1, -0.05) is 11.6 Å². The summed E-state index contributed by atoms with van der Waals surface area (Å²) in [5.74, 6) is -1.47. The number of hydrogen-bond donors (Lipinski definition) is 1. The minimum atomic E-state index is -0.871. The van der Waals surface area contributed by atoms with E-state index in [1.54, 1.807) is 58.3 Å². The minimum Gasteiger partial charge on any atom is -0.485 e. The Morgan fingerprint density at radius 3 is 2.54 bits per heavy atom. The van der Waals surface area contributed by atoms with Crippen molar-refractivity contribution < 1.29 is 18.3 Å². The molecule has 202 valence electrons. The summed E-state index contributed by atoms with van der Waals surface area (Å²) in [5, 5.41) is 2.60. The van der Waals surface area contributed by atoms with Crippen LogP contribution in [0.15, 0.2) is 47.7 Å². The van der Waals surface area contributed by atoms with Crippen molar-refractivity contribution in [3.05, 3.63) is 92.6 Å². The third kappa shape index (κ3) is 5.93. The molecule has 0 aromatic carbocycles. The second-order valence-corrected chi connectivity index (χ2v) is 9.78. The molecule has 4 aromatic heterocycles. The van der Waals surface area contributed by atoms with Gasteiger partial charge in [0.05, 0.1) is 28.8 Å². The van der Waals surface area contributed by atoms with Crippen LogP contribution in [-0.2, 0) is 16.9 Å². The van der Waals surface area contributed by atoms with E-state index in [9.17, 15) is 18.4 Å². The van der Waals surface area contributed by atoms with E-state index >= 15 is 0 Å². The standard InChI is InChI=1S/C27H25ClF2N6O3/c1-14-11-32-20(19-6-7-31-26(34-19)27(4,5)35-16(3)37)10-22(14)36-15(2)8-23(24(28)25(36)38)39-13-21-18(30)9-17(29)12-33-21/h6-12H,13H2,1-5H3,(H,35,37). The average Bonchev–Trinajstić information content (AvgIpc) is 2.86. The van der Waals surface area contributed by atoms with Crippen LogP contribution in [0.25, 0.3) is 17.1 Å². The average molecular weight is 555 g/mol. The normalized spacial score (nSPS) is 11.4. The third-order valence-electron chi connectivity index (χ3n) is 5.83. The molecule has 0 radical (unpaired) electrons. The highest BCUT2D eigenvalue weighted by atomic mass is 35.5. The molecular weight excluding hydrogens is 530 g/mol. The fourth-order valence-electron chi connectivity index (χ4n) is 3.97. The third-order valence-corrected chi connectivity index (χ3v) is 6.18. The Labute approximate surface area is 227 Å². The van der Waals surface area contributed by atoms with Gasteiger partial charge in [0.2, 0.25) is 5.91 Å². The molecule has 0 spiro atoms. The van der Waals surface area contributed by atoms with Gasteiger partial charge in [-0.3, -0.25) is 24.1 Å². The van der Waals surface area contributed by atoms with Crippen LogP contribution in [0.5, 0.6) is 5.75 Å². The topological polar surface area (TPSA) is 112 Å². The van der Waals surface area contributed by atoms with Gasteiger partial charge in [-0.25, -0.2) is 18.7 Å². The lowest BCUT2D eigenvalue weighted by atomic mass is 10.0. The van der Waals surface area contributed by atoms with Crippen LogP contribution in [0.2, 0.25) is 5.02 Å². The molecule has 0 aliphatic rings. The lowest BCUT2D eigenvalue weighted by Crippen LogP contribution is -2.41. The number of aryl methyl sites for hydroxylation is 2. The minimum absolute atomic E-state index is 0.0357. The summed E-state index contributed by atoms with van der Waals surface area (Å²) < 4.78 is 34.1. The maximum Gasteiger partial charge on any atom is 0.277 e. The van der Waals surface area contributed by atoms with E-state index < -0.39 is 22.7 Å². The smallest absolute Gasteiger partial charge is 0.277 e. The van der Waals surface area contributed by atoms with E-state index in [0.29, 0.717) is 40.2 Å². The van der Waals surface area contributed by atoms with Crippen molar-refractivity contribution in [2.75, 3.05) is 0 Å². The molecule has 0 aliphatic carbocycles. The number of amides is 1. The first-order chi connectivity index (χ1) is 18.4. The molecular formula is C27H25ClF2N6O3. The first-order valence-electron chi connectivity index (χ1n) is 11.8. The molecule has 4 aromatic rings. The van der Waals surface area contributed by atoms with E-state index in [-0.39, 0.29) is 29.0 Å². The number of pyridine rings is 3. The van der Waals surface area contributed by atoms with Crippen LogP contribution in [0.3, 0.4) is 0 Å². The van der Waals surface area contributed by atoms with Gasteiger partial charge in [-0.05, 0) is 45.4 Å². The van der Waals surface area contributed by atoms with E-state index in [2.05, 4.69) is 25.3 Å². The molecule has 39 heavy (non-hydrogen) atoms. The largest absolute Gasteiger partial charge is 0.485 e. The molecule has 0 fully saturated rings. The second-order valence-electron chi connectivity index (χ2n) is 9.40. The molecule has 0 unspecified atom stereocenters. The molecule has 0 saturated heterocycles. The zero-order chi connectivity index (χ0) is 28.5. The second kappa shape index (κ2) is 10.9. The summed E-state index contributed by atoms with van der Waals surface area (Å²) in [6.07, 6.45) is 4.05. The quantitative estimate of drug-likeness (QED) is 0.356. The SMILES string of the molecule is CC(=O)NC(C)(C)c1nccc(-c2cc(-n3c(C)cc(OCc4ncc(F)cc4F)c(Cl)c3=O)c(C)cn2)n1. The van der Waals surface area contributed by atoms with Crippen LogP contribution in [0, 0.1) is 25.5 Å². The van der Waals surface area contributed by atoms with E-state index in [4.69, 9.17) is 16.3 Å². The molecule has 0 atom stereocenters. The van der Waals surface area contributed by atoms with Crippen molar-refractivity contribution in [3.8, 4) is 22.8 Å². The highest BCUT2D eigenvalue weighted by molar-refractivity contribution is 6.31. The van der Waals surface area contributed by atoms with Crippen LogP contribution >= 0.6 is 11.6 Å². The van der Waals surface area contributed by atoms with Crippen molar-refractivity contribution in [2.45, 2.75) is 46.8 Å². The van der Waals surface area contributed by atoms with E-state index in [1.807, 2.05) is 0 Å². The van der Waals surface area contributed by atoms with Crippen LogP contribution in [0.1, 0.15) is 43.5 Å². The molecule has 0 saturated carbocycles. The van der Waals surface area contributed by atoms with Crippen molar-refractivity contribution in [3.63, 3.8) is 0 Å². The fraction of sp³-hybridized carbons (Fsp3) is 0.259. The Morgan fingerprint density at radius 1 is 1.10 bits per heavy atom. The van der Waals surface area contributed by atoms with Gasteiger partial charge in [0, 0.05) is 37.1 Å². The summed E-state index contributed by atoms with van der Waals surface area (Å²) in [4.78, 5) is 42.0. The summed E-state index contributed by atoms with van der Waals surface area (Å²) in [6.45, 7) is 8.13. The van der Waals surface area contributed by atoms with Gasteiger partial charge in [0.1, 0.15) is 28.9 Å². The van der Waals surface area contributed by atoms with Crippen molar-refractivity contribution in [1.82, 2.24) is 29.8 Å². The van der Waals surface area contributed by atoms with Gasteiger partial charge < -0.3 is 10.1 Å². The lowest BCUT2D eigenvalue weighted by molar-refractivity contribution is -0.120. The predicted molar refractivity (Wildman–Crippen MR) is 141 cm³/mol. The number of nitrogens with one attached hydrogen (secondary N) is 1. The summed E-state index contributed by atoms with van der Waals surface area (Å²) >= 11 is 6.37. The number of carbonyl (C=O) groups is 1.